The van der Waals surface area contributed by atoms with E-state index in [-0.39, 0.29) is 11.5 Å². The fraction of sp³-hybridized carbons (Fsp3) is 0.160. The number of pyridine rings is 1. The summed E-state index contributed by atoms with van der Waals surface area (Å²) in [5.74, 6) is 0.250. The summed E-state index contributed by atoms with van der Waals surface area (Å²) in [6.45, 7) is -0.984. The molecule has 0 bridgehead atoms. The molecule has 4 rings (SSSR count). The molecular weight excluding hydrogens is 432 g/mol. The van der Waals surface area contributed by atoms with E-state index in [1.807, 2.05) is 43.3 Å². The first-order valence-electron chi connectivity index (χ1n) is 9.98. The zero-order valence-corrected chi connectivity index (χ0v) is 18.1. The lowest BCUT2D eigenvalue weighted by molar-refractivity contribution is -0.0503. The molecule has 0 aliphatic heterocycles. The number of para-hydroxylation sites is 1. The second-order valence-electron chi connectivity index (χ2n) is 7.45. The fourth-order valence-electron chi connectivity index (χ4n) is 3.76. The van der Waals surface area contributed by atoms with E-state index in [0.717, 1.165) is 38.7 Å². The molecule has 0 aliphatic rings. The van der Waals surface area contributed by atoms with Crippen molar-refractivity contribution in [1.29, 1.82) is 0 Å². The standard InChI is InChI=1S/C25H21F2NO3S/c1-16-22(13-20-4-2-3-5-24(20)31-25(26)27)23-12-19(10-11-21(23)14-28-16)18-8-6-17(7-9-18)15-32(29)30/h2-12,14,25H,13,15H2,1H3,(H,29,30). The third-order valence-electron chi connectivity index (χ3n) is 5.35. The first-order chi connectivity index (χ1) is 15.4. The van der Waals surface area contributed by atoms with Crippen LogP contribution in [0, 0.1) is 6.92 Å². The maximum atomic E-state index is 12.8. The minimum atomic E-state index is -2.89. The highest BCUT2D eigenvalue weighted by molar-refractivity contribution is 7.78. The highest BCUT2D eigenvalue weighted by Gasteiger charge is 2.14. The summed E-state index contributed by atoms with van der Waals surface area (Å²) >= 11 is -1.88. The van der Waals surface area contributed by atoms with Gasteiger partial charge in [-0.3, -0.25) is 4.98 Å². The molecule has 0 saturated heterocycles. The summed E-state index contributed by atoms with van der Waals surface area (Å²) in [6.07, 6.45) is 2.21. The molecule has 0 aliphatic carbocycles. The van der Waals surface area contributed by atoms with Crippen LogP contribution < -0.4 is 4.74 Å². The van der Waals surface area contributed by atoms with E-state index in [9.17, 15) is 13.0 Å². The summed E-state index contributed by atoms with van der Waals surface area (Å²) < 4.78 is 50.5. The van der Waals surface area contributed by atoms with Crippen LogP contribution >= 0.6 is 0 Å². The van der Waals surface area contributed by atoms with Gasteiger partial charge in [-0.2, -0.15) is 8.78 Å². The Morgan fingerprint density at radius 2 is 1.75 bits per heavy atom. The molecule has 0 fully saturated rings. The number of hydrogen-bond donors (Lipinski definition) is 1. The summed E-state index contributed by atoms with van der Waals surface area (Å²) in [4.78, 5) is 4.49. The normalized spacial score (nSPS) is 12.3. The van der Waals surface area contributed by atoms with Crippen LogP contribution in [0.3, 0.4) is 0 Å². The van der Waals surface area contributed by atoms with E-state index < -0.39 is 17.7 Å². The SMILES string of the molecule is Cc1ncc2ccc(-c3ccc(CS(=O)O)cc3)cc2c1Cc1ccccc1OC(F)F. The van der Waals surface area contributed by atoms with Gasteiger partial charge in [0.05, 0.1) is 5.75 Å². The van der Waals surface area contributed by atoms with Crippen molar-refractivity contribution in [3.8, 4) is 16.9 Å². The predicted molar refractivity (Wildman–Crippen MR) is 122 cm³/mol. The second kappa shape index (κ2) is 9.54. The number of aromatic nitrogens is 1. The lowest BCUT2D eigenvalue weighted by atomic mass is 9.94. The fourth-order valence-corrected chi connectivity index (χ4v) is 4.24. The molecule has 1 atom stereocenters. The summed E-state index contributed by atoms with van der Waals surface area (Å²) in [6, 6.07) is 20.4. The number of nitrogens with zero attached hydrogens (tertiary/aromatic N) is 1. The molecule has 1 N–H and O–H groups in total. The van der Waals surface area contributed by atoms with Crippen molar-refractivity contribution in [2.24, 2.45) is 0 Å². The first-order valence-corrected chi connectivity index (χ1v) is 11.3. The second-order valence-corrected chi connectivity index (χ2v) is 8.38. The van der Waals surface area contributed by atoms with Crippen molar-refractivity contribution in [3.05, 3.63) is 95.3 Å². The van der Waals surface area contributed by atoms with Crippen molar-refractivity contribution in [2.75, 3.05) is 0 Å². The molecule has 4 nitrogen and oxygen atoms in total. The molecule has 3 aromatic carbocycles. The van der Waals surface area contributed by atoms with E-state index in [2.05, 4.69) is 11.1 Å². The van der Waals surface area contributed by atoms with Gasteiger partial charge in [0.1, 0.15) is 5.75 Å². The number of ether oxygens (including phenoxy) is 1. The number of aryl methyl sites for hydroxylation is 1. The monoisotopic (exact) mass is 453 g/mol. The smallest absolute Gasteiger partial charge is 0.387 e. The predicted octanol–water partition coefficient (Wildman–Crippen LogP) is 6.12. The van der Waals surface area contributed by atoms with Crippen LogP contribution in [0.15, 0.2) is 72.9 Å². The first kappa shape index (κ1) is 22.0. The largest absolute Gasteiger partial charge is 0.435 e. The molecule has 164 valence electrons. The van der Waals surface area contributed by atoms with Crippen LogP contribution in [0.2, 0.25) is 0 Å². The Morgan fingerprint density at radius 1 is 1.03 bits per heavy atom. The average molecular weight is 454 g/mol. The van der Waals surface area contributed by atoms with Crippen LogP contribution in [0.25, 0.3) is 21.9 Å². The van der Waals surface area contributed by atoms with E-state index in [1.54, 1.807) is 30.5 Å². The van der Waals surface area contributed by atoms with Gasteiger partial charge in [0, 0.05) is 23.7 Å². The Kier molecular flexibility index (Phi) is 6.58. The van der Waals surface area contributed by atoms with Crippen molar-refractivity contribution in [1.82, 2.24) is 4.98 Å². The van der Waals surface area contributed by atoms with Gasteiger partial charge < -0.3 is 9.29 Å². The summed E-state index contributed by atoms with van der Waals surface area (Å²) in [5.41, 5.74) is 5.17. The third-order valence-corrected chi connectivity index (χ3v) is 5.93. The Labute approximate surface area is 187 Å². The van der Waals surface area contributed by atoms with Gasteiger partial charge in [-0.15, -0.1) is 0 Å². The van der Waals surface area contributed by atoms with Gasteiger partial charge in [0.25, 0.3) is 0 Å². The zero-order chi connectivity index (χ0) is 22.7. The van der Waals surface area contributed by atoms with Gasteiger partial charge in [-0.1, -0.05) is 54.6 Å². The maximum absolute atomic E-state index is 12.8. The van der Waals surface area contributed by atoms with Gasteiger partial charge in [-0.05, 0) is 52.3 Å². The van der Waals surface area contributed by atoms with Gasteiger partial charge >= 0.3 is 6.61 Å². The van der Waals surface area contributed by atoms with Crippen LogP contribution in [-0.4, -0.2) is 20.4 Å². The Morgan fingerprint density at radius 3 is 2.47 bits per heavy atom. The van der Waals surface area contributed by atoms with E-state index >= 15 is 0 Å². The molecule has 1 heterocycles. The quantitative estimate of drug-likeness (QED) is 0.342. The van der Waals surface area contributed by atoms with Crippen LogP contribution in [0.1, 0.15) is 22.4 Å². The molecule has 4 aromatic rings. The molecule has 7 heteroatoms. The van der Waals surface area contributed by atoms with Crippen LogP contribution in [0.5, 0.6) is 5.75 Å². The maximum Gasteiger partial charge on any atom is 0.387 e. The molecule has 32 heavy (non-hydrogen) atoms. The molecule has 0 spiro atoms. The molecule has 1 unspecified atom stereocenters. The van der Waals surface area contributed by atoms with Crippen molar-refractivity contribution >= 4 is 21.9 Å². The highest BCUT2D eigenvalue weighted by atomic mass is 32.2. The number of alkyl halides is 2. The number of fused-ring (bicyclic) bond motifs is 1. The highest BCUT2D eigenvalue weighted by Crippen LogP contribution is 2.31. The number of hydrogen-bond acceptors (Lipinski definition) is 3. The summed E-state index contributed by atoms with van der Waals surface area (Å²) in [5, 5.41) is 1.94. The van der Waals surface area contributed by atoms with Crippen LogP contribution in [-0.2, 0) is 23.3 Å². The molecule has 1 aromatic heterocycles. The molecule has 0 amide bonds. The van der Waals surface area contributed by atoms with E-state index in [0.29, 0.717) is 12.0 Å². The minimum Gasteiger partial charge on any atom is -0.435 e. The van der Waals surface area contributed by atoms with E-state index in [1.165, 1.54) is 0 Å². The van der Waals surface area contributed by atoms with Crippen molar-refractivity contribution < 1.29 is 22.3 Å². The Bertz CT molecular complexity index is 1280. The van der Waals surface area contributed by atoms with Crippen LogP contribution in [0.4, 0.5) is 8.78 Å². The van der Waals surface area contributed by atoms with Gasteiger partial charge in [0.15, 0.2) is 11.1 Å². The average Bonchev–Trinajstić information content (AvgIpc) is 2.76. The lowest BCUT2D eigenvalue weighted by Crippen LogP contribution is -2.05. The van der Waals surface area contributed by atoms with Crippen molar-refractivity contribution in [2.45, 2.75) is 25.7 Å². The Hall–Kier alpha value is -3.16. The number of rotatable bonds is 7. The molecule has 0 saturated carbocycles. The van der Waals surface area contributed by atoms with E-state index in [4.69, 9.17) is 9.29 Å². The number of benzene rings is 3. The topological polar surface area (TPSA) is 59.4 Å². The summed E-state index contributed by atoms with van der Waals surface area (Å²) in [7, 11) is 0. The van der Waals surface area contributed by atoms with Crippen molar-refractivity contribution in [3.63, 3.8) is 0 Å². The zero-order valence-electron chi connectivity index (χ0n) is 17.3. The number of halogens is 2. The van der Waals surface area contributed by atoms with Gasteiger partial charge in [0.2, 0.25) is 0 Å². The lowest BCUT2D eigenvalue weighted by Gasteiger charge is -2.14. The third kappa shape index (κ3) is 5.00. The molecular formula is C25H21F2NO3S. The minimum absolute atomic E-state index is 0.0904. The molecule has 0 radical (unpaired) electrons. The Balaban J connectivity index is 1.74. The van der Waals surface area contributed by atoms with Gasteiger partial charge in [-0.25, -0.2) is 4.21 Å².